The molecule has 1 atom stereocenters. The van der Waals surface area contributed by atoms with E-state index in [2.05, 4.69) is 41.7 Å². The number of carbonyl (C=O) groups excluding carboxylic acids is 3. The molecule has 45 heavy (non-hydrogen) atoms. The fraction of sp³-hybridized carbons (Fsp3) is 0.189. The van der Waals surface area contributed by atoms with E-state index in [0.717, 1.165) is 16.7 Å². The number of hydrogen-bond acceptors (Lipinski definition) is 6. The second-order valence-corrected chi connectivity index (χ2v) is 12.0. The molecule has 5 rings (SSSR count). The summed E-state index contributed by atoms with van der Waals surface area (Å²) in [5, 5.41) is 8.86. The van der Waals surface area contributed by atoms with Gasteiger partial charge in [0.05, 0.1) is 5.70 Å². The van der Waals surface area contributed by atoms with Crippen molar-refractivity contribution in [1.82, 2.24) is 0 Å². The molecule has 1 aliphatic heterocycles. The molecule has 0 aliphatic carbocycles. The van der Waals surface area contributed by atoms with Crippen LogP contribution < -0.4 is 20.7 Å². The largest absolute Gasteiger partial charge is 0.417 e. The molecule has 228 valence electrons. The van der Waals surface area contributed by atoms with Crippen LogP contribution in [0.3, 0.4) is 0 Å². The van der Waals surface area contributed by atoms with Gasteiger partial charge in [-0.15, -0.1) is 0 Å². The average molecular weight is 601 g/mol. The van der Waals surface area contributed by atoms with E-state index in [1.807, 2.05) is 68.5 Å². The molecule has 0 radical (unpaired) electrons. The smallest absolute Gasteiger partial charge is 0.410 e. The molecular formula is C37H36N4O4. The second-order valence-electron chi connectivity index (χ2n) is 12.0. The van der Waals surface area contributed by atoms with Gasteiger partial charge in [0.25, 0.3) is 5.91 Å². The van der Waals surface area contributed by atoms with Gasteiger partial charge in [-0.05, 0) is 78.1 Å². The molecule has 4 aromatic rings. The lowest BCUT2D eigenvalue weighted by atomic mass is 9.86. The maximum Gasteiger partial charge on any atom is 0.417 e. The predicted molar refractivity (Wildman–Crippen MR) is 180 cm³/mol. The van der Waals surface area contributed by atoms with Gasteiger partial charge in [-0.2, -0.15) is 0 Å². The van der Waals surface area contributed by atoms with Crippen LogP contribution in [-0.2, 0) is 10.2 Å². The zero-order valence-electron chi connectivity index (χ0n) is 26.0. The number of ketones is 1. The summed E-state index contributed by atoms with van der Waals surface area (Å²) in [4.78, 5) is 43.3. The summed E-state index contributed by atoms with van der Waals surface area (Å²) in [6.45, 7) is 10.1. The molecule has 3 N–H and O–H groups in total. The number of amides is 2. The first-order valence-electron chi connectivity index (χ1n) is 14.8. The molecule has 8 nitrogen and oxygen atoms in total. The number of anilines is 3. The fourth-order valence-corrected chi connectivity index (χ4v) is 4.90. The number of allylic oxidation sites excluding steroid dienone is 1. The van der Waals surface area contributed by atoms with Crippen molar-refractivity contribution in [3.63, 3.8) is 0 Å². The highest BCUT2D eigenvalue weighted by molar-refractivity contribution is 6.45. The van der Waals surface area contributed by atoms with Gasteiger partial charge < -0.3 is 15.4 Å². The number of benzene rings is 4. The van der Waals surface area contributed by atoms with Crippen molar-refractivity contribution in [2.24, 2.45) is 10.9 Å². The van der Waals surface area contributed by atoms with Crippen molar-refractivity contribution in [1.29, 1.82) is 0 Å². The Hall–Kier alpha value is -5.50. The minimum atomic E-state index is -0.632. The minimum Gasteiger partial charge on any atom is -0.410 e. The summed E-state index contributed by atoms with van der Waals surface area (Å²) in [5.41, 5.74) is 5.69. The van der Waals surface area contributed by atoms with Crippen LogP contribution in [0, 0.1) is 12.8 Å². The Bertz CT molecular complexity index is 1800. The second kappa shape index (κ2) is 13.0. The van der Waals surface area contributed by atoms with E-state index < -0.39 is 12.0 Å². The Morgan fingerprint density at radius 2 is 1.51 bits per heavy atom. The van der Waals surface area contributed by atoms with Crippen LogP contribution >= 0.6 is 0 Å². The molecular weight excluding hydrogens is 564 g/mol. The molecule has 0 saturated carbocycles. The molecule has 0 fully saturated rings. The molecule has 1 aliphatic rings. The van der Waals surface area contributed by atoms with Gasteiger partial charge in [-0.3, -0.25) is 14.9 Å². The number of Topliss-reactive ketones (excluding diaryl/α,β-unsaturated/α-hetero) is 1. The summed E-state index contributed by atoms with van der Waals surface area (Å²) >= 11 is 0. The van der Waals surface area contributed by atoms with E-state index >= 15 is 0 Å². The SMILES string of the molecule is Cc1c(NC(=O)c2ccc(C(C)(C)C)cc2)cccc1C1=CC(C)C(=O)C(Nc2cccc(NC(=O)Oc3ccccc3)c2)=N1. The minimum absolute atomic E-state index is 0.00337. The zero-order chi connectivity index (χ0) is 32.1. The first kappa shape index (κ1) is 30.9. The van der Waals surface area contributed by atoms with Gasteiger partial charge in [0.15, 0.2) is 5.84 Å². The maximum absolute atomic E-state index is 13.1. The van der Waals surface area contributed by atoms with E-state index in [1.54, 1.807) is 48.5 Å². The first-order valence-corrected chi connectivity index (χ1v) is 14.8. The number of amidine groups is 1. The van der Waals surface area contributed by atoms with Gasteiger partial charge in [-0.25, -0.2) is 9.79 Å². The Morgan fingerprint density at radius 3 is 2.22 bits per heavy atom. The summed E-state index contributed by atoms with van der Waals surface area (Å²) in [5.74, 6) is -0.198. The molecule has 1 unspecified atom stereocenters. The highest BCUT2D eigenvalue weighted by Crippen LogP contribution is 2.31. The molecule has 8 heteroatoms. The number of para-hydroxylation sites is 1. The van der Waals surface area contributed by atoms with Crippen molar-refractivity contribution in [2.75, 3.05) is 16.0 Å². The van der Waals surface area contributed by atoms with Gasteiger partial charge in [0, 0.05) is 34.1 Å². The highest BCUT2D eigenvalue weighted by Gasteiger charge is 2.25. The van der Waals surface area contributed by atoms with Crippen molar-refractivity contribution in [3.05, 3.63) is 125 Å². The van der Waals surface area contributed by atoms with E-state index in [1.165, 1.54) is 0 Å². The van der Waals surface area contributed by atoms with Crippen molar-refractivity contribution in [3.8, 4) is 5.75 Å². The van der Waals surface area contributed by atoms with E-state index in [0.29, 0.717) is 34.1 Å². The molecule has 4 aromatic carbocycles. The van der Waals surface area contributed by atoms with Crippen molar-refractivity contribution < 1.29 is 19.1 Å². The number of carbonyl (C=O) groups is 3. The number of nitrogens with zero attached hydrogens (tertiary/aromatic N) is 1. The third-order valence-corrected chi connectivity index (χ3v) is 7.48. The summed E-state index contributed by atoms with van der Waals surface area (Å²) < 4.78 is 5.31. The van der Waals surface area contributed by atoms with Crippen LogP contribution in [0.1, 0.15) is 54.7 Å². The summed E-state index contributed by atoms with van der Waals surface area (Å²) in [6.07, 6.45) is 1.19. The molecule has 0 bridgehead atoms. The Kier molecular flexibility index (Phi) is 8.95. The van der Waals surface area contributed by atoms with E-state index in [-0.39, 0.29) is 22.9 Å². The summed E-state index contributed by atoms with van der Waals surface area (Å²) in [7, 11) is 0. The number of nitrogens with one attached hydrogen (secondary N) is 3. The lowest BCUT2D eigenvalue weighted by molar-refractivity contribution is -0.114. The quantitative estimate of drug-likeness (QED) is 0.207. The number of rotatable bonds is 6. The third kappa shape index (κ3) is 7.54. The Labute approximate surface area is 263 Å². The third-order valence-electron chi connectivity index (χ3n) is 7.48. The molecule has 0 aromatic heterocycles. The summed E-state index contributed by atoms with van der Waals surface area (Å²) in [6, 6.07) is 29.0. The van der Waals surface area contributed by atoms with Crippen LogP contribution in [0.25, 0.3) is 5.70 Å². The van der Waals surface area contributed by atoms with E-state index in [4.69, 9.17) is 4.74 Å². The van der Waals surface area contributed by atoms with Crippen LogP contribution in [-0.4, -0.2) is 23.6 Å². The van der Waals surface area contributed by atoms with Gasteiger partial charge in [0.2, 0.25) is 5.78 Å². The Balaban J connectivity index is 1.32. The average Bonchev–Trinajstić information content (AvgIpc) is 3.00. The Morgan fingerprint density at radius 1 is 0.822 bits per heavy atom. The topological polar surface area (TPSA) is 109 Å². The number of ether oxygens (including phenoxy) is 1. The molecule has 0 spiro atoms. The maximum atomic E-state index is 13.1. The normalized spacial score (nSPS) is 14.6. The fourth-order valence-electron chi connectivity index (χ4n) is 4.90. The van der Waals surface area contributed by atoms with Crippen LogP contribution in [0.4, 0.5) is 21.9 Å². The predicted octanol–water partition coefficient (Wildman–Crippen LogP) is 8.23. The molecule has 1 heterocycles. The number of hydrogen-bond donors (Lipinski definition) is 3. The standard InChI is InChI=1S/C37H36N4O4/c1-23-21-32(30-15-10-16-31(24(30)2)41-35(43)25-17-19-26(20-18-25)37(3,4)5)40-34(33(23)42)38-27-11-9-12-28(22-27)39-36(44)45-29-13-7-6-8-14-29/h6-23H,1-5H3,(H,38,40)(H,39,44)(H,41,43). The monoisotopic (exact) mass is 600 g/mol. The van der Waals surface area contributed by atoms with Crippen LogP contribution in [0.2, 0.25) is 0 Å². The highest BCUT2D eigenvalue weighted by atomic mass is 16.6. The first-order chi connectivity index (χ1) is 21.5. The van der Waals surface area contributed by atoms with Gasteiger partial charge >= 0.3 is 6.09 Å². The van der Waals surface area contributed by atoms with Gasteiger partial charge in [0.1, 0.15) is 5.75 Å². The number of aliphatic imine (C=N–C) groups is 1. The van der Waals surface area contributed by atoms with Gasteiger partial charge in [-0.1, -0.05) is 76.2 Å². The van der Waals surface area contributed by atoms with Crippen LogP contribution in [0.5, 0.6) is 5.75 Å². The van der Waals surface area contributed by atoms with Crippen molar-refractivity contribution in [2.45, 2.75) is 40.0 Å². The van der Waals surface area contributed by atoms with Crippen LogP contribution in [0.15, 0.2) is 108 Å². The van der Waals surface area contributed by atoms with E-state index in [9.17, 15) is 14.4 Å². The lowest BCUT2D eigenvalue weighted by Gasteiger charge is -2.21. The molecule has 2 amide bonds. The molecule has 0 saturated heterocycles. The lowest BCUT2D eigenvalue weighted by Crippen LogP contribution is -2.30. The van der Waals surface area contributed by atoms with Crippen molar-refractivity contribution >= 4 is 46.4 Å². The zero-order valence-corrected chi connectivity index (χ0v) is 26.0.